The molecule has 1 heterocycles. The predicted octanol–water partition coefficient (Wildman–Crippen LogP) is 7.60. The number of halogens is 1. The first-order valence-electron chi connectivity index (χ1n) is 9.74. The Hall–Kier alpha value is -1.97. The molecular weight excluding hydrogens is 426 g/mol. The van der Waals surface area contributed by atoms with Crippen molar-refractivity contribution in [1.29, 1.82) is 0 Å². The maximum absolute atomic E-state index is 5.98. The van der Waals surface area contributed by atoms with Crippen molar-refractivity contribution in [3.05, 3.63) is 87.5 Å². The molecule has 1 atom stereocenters. The van der Waals surface area contributed by atoms with Crippen molar-refractivity contribution < 1.29 is 0 Å². The number of hydrogen-bond acceptors (Lipinski definition) is 2. The molecule has 0 fully saturated rings. The van der Waals surface area contributed by atoms with Gasteiger partial charge in [0.1, 0.15) is 0 Å². The molecule has 3 aromatic carbocycles. The van der Waals surface area contributed by atoms with Gasteiger partial charge in [-0.1, -0.05) is 96.6 Å². The fourth-order valence-electron chi connectivity index (χ4n) is 4.79. The first-order chi connectivity index (χ1) is 13.4. The topological polar surface area (TPSA) is 12.0 Å². The van der Waals surface area contributed by atoms with Crippen LogP contribution in [0.3, 0.4) is 0 Å². The van der Waals surface area contributed by atoms with Gasteiger partial charge in [-0.3, -0.25) is 0 Å². The number of benzene rings is 3. The second-order valence-corrected chi connectivity index (χ2v) is 10.0. The summed E-state index contributed by atoms with van der Waals surface area (Å²) in [7, 11) is 0. The molecule has 1 nitrogen and oxygen atoms in total. The van der Waals surface area contributed by atoms with E-state index >= 15 is 0 Å². The van der Waals surface area contributed by atoms with E-state index in [2.05, 4.69) is 95.8 Å². The molecule has 0 bridgehead atoms. The Kier molecular flexibility index (Phi) is 4.22. The van der Waals surface area contributed by atoms with Crippen molar-refractivity contribution >= 4 is 49.5 Å². The van der Waals surface area contributed by atoms with Crippen molar-refractivity contribution in [2.24, 2.45) is 5.41 Å². The molecule has 0 radical (unpaired) electrons. The standard InChI is InChI=1S/C25H22BrNS/c1-25(2)13-20-23(21(28)14-25)22(17-9-5-6-10-19(17)26)18-12-11-15-7-3-4-8-16(15)24(18)27-20/h3-12,22,27H,13-14H2,1-2H3. The molecule has 140 valence electrons. The summed E-state index contributed by atoms with van der Waals surface area (Å²) in [4.78, 5) is 1.10. The summed E-state index contributed by atoms with van der Waals surface area (Å²) in [5, 5.41) is 6.36. The second kappa shape index (κ2) is 6.53. The molecule has 1 N–H and O–H groups in total. The molecule has 5 rings (SSSR count). The smallest absolute Gasteiger partial charge is 0.0503 e. The molecule has 2 aliphatic rings. The molecule has 1 aliphatic heterocycles. The Balaban J connectivity index is 1.82. The highest BCUT2D eigenvalue weighted by atomic mass is 79.9. The number of rotatable bonds is 1. The highest BCUT2D eigenvalue weighted by molar-refractivity contribution is 9.10. The Morgan fingerprint density at radius 3 is 2.50 bits per heavy atom. The molecular formula is C25H22BrNS. The van der Waals surface area contributed by atoms with E-state index in [1.165, 1.54) is 38.9 Å². The third kappa shape index (κ3) is 2.84. The minimum absolute atomic E-state index is 0.162. The van der Waals surface area contributed by atoms with Crippen molar-refractivity contribution in [2.75, 3.05) is 5.32 Å². The van der Waals surface area contributed by atoms with Gasteiger partial charge in [0.25, 0.3) is 0 Å². The van der Waals surface area contributed by atoms with Crippen LogP contribution in [0, 0.1) is 5.41 Å². The van der Waals surface area contributed by atoms with Gasteiger partial charge in [0.2, 0.25) is 0 Å². The monoisotopic (exact) mass is 447 g/mol. The van der Waals surface area contributed by atoms with Crippen molar-refractivity contribution in [3.63, 3.8) is 0 Å². The molecule has 3 aromatic rings. The van der Waals surface area contributed by atoms with Crippen LogP contribution in [0.2, 0.25) is 0 Å². The number of fused-ring (bicyclic) bond motifs is 3. The van der Waals surface area contributed by atoms with Gasteiger partial charge < -0.3 is 5.32 Å². The van der Waals surface area contributed by atoms with Gasteiger partial charge in [0.15, 0.2) is 0 Å². The number of hydrogen-bond donors (Lipinski definition) is 1. The van der Waals surface area contributed by atoms with Crippen LogP contribution in [-0.2, 0) is 0 Å². The zero-order valence-corrected chi connectivity index (χ0v) is 18.5. The summed E-state index contributed by atoms with van der Waals surface area (Å²) in [6, 6.07) is 21.7. The average molecular weight is 448 g/mol. The van der Waals surface area contributed by atoms with E-state index in [1.807, 2.05) is 0 Å². The lowest BCUT2D eigenvalue weighted by molar-refractivity contribution is 0.371. The van der Waals surface area contributed by atoms with E-state index in [9.17, 15) is 0 Å². The lowest BCUT2D eigenvalue weighted by atomic mass is 9.69. The number of allylic oxidation sites excluding steroid dienone is 2. The Labute approximate surface area is 180 Å². The summed E-state index contributed by atoms with van der Waals surface area (Å²) >= 11 is 9.79. The van der Waals surface area contributed by atoms with Crippen LogP contribution in [0.25, 0.3) is 10.8 Å². The molecule has 1 unspecified atom stereocenters. The maximum atomic E-state index is 5.98. The van der Waals surface area contributed by atoms with Crippen LogP contribution in [0.1, 0.15) is 43.7 Å². The minimum atomic E-state index is 0.162. The average Bonchev–Trinajstić information content (AvgIpc) is 2.66. The molecule has 0 saturated heterocycles. The molecule has 0 amide bonds. The van der Waals surface area contributed by atoms with Gasteiger partial charge >= 0.3 is 0 Å². The normalized spacial score (nSPS) is 20.5. The summed E-state index contributed by atoms with van der Waals surface area (Å²) in [5.41, 5.74) is 6.62. The summed E-state index contributed by atoms with van der Waals surface area (Å²) < 4.78 is 1.14. The molecule has 0 aromatic heterocycles. The molecule has 3 heteroatoms. The van der Waals surface area contributed by atoms with Crippen LogP contribution in [0.5, 0.6) is 0 Å². The fourth-order valence-corrected chi connectivity index (χ4v) is 5.93. The van der Waals surface area contributed by atoms with Crippen LogP contribution in [-0.4, -0.2) is 4.86 Å². The molecule has 28 heavy (non-hydrogen) atoms. The van der Waals surface area contributed by atoms with Gasteiger partial charge in [0.05, 0.1) is 5.69 Å². The van der Waals surface area contributed by atoms with E-state index in [0.717, 1.165) is 22.2 Å². The van der Waals surface area contributed by atoms with E-state index < -0.39 is 0 Å². The largest absolute Gasteiger partial charge is 0.358 e. The van der Waals surface area contributed by atoms with Crippen LogP contribution in [0.4, 0.5) is 5.69 Å². The fraction of sp³-hybridized carbons (Fsp3) is 0.240. The maximum Gasteiger partial charge on any atom is 0.0503 e. The highest BCUT2D eigenvalue weighted by Gasteiger charge is 2.39. The van der Waals surface area contributed by atoms with Gasteiger partial charge in [-0.25, -0.2) is 0 Å². The lowest BCUT2D eigenvalue weighted by Crippen LogP contribution is -2.33. The molecule has 1 aliphatic carbocycles. The van der Waals surface area contributed by atoms with E-state index in [0.29, 0.717) is 0 Å². The Morgan fingerprint density at radius 1 is 0.929 bits per heavy atom. The minimum Gasteiger partial charge on any atom is -0.358 e. The Bertz CT molecular complexity index is 1160. The summed E-state index contributed by atoms with van der Waals surface area (Å²) in [6.07, 6.45) is 1.98. The summed E-state index contributed by atoms with van der Waals surface area (Å²) in [6.45, 7) is 4.63. The zero-order valence-electron chi connectivity index (χ0n) is 16.1. The third-order valence-corrected chi connectivity index (χ3v) is 7.06. The zero-order chi connectivity index (χ0) is 19.5. The first-order valence-corrected chi connectivity index (χ1v) is 10.9. The SMILES string of the molecule is CC1(C)CC(=S)C2=C(C1)Nc1c(ccc3ccccc13)C2c1ccccc1Br. The number of thiocarbonyl (C=S) groups is 1. The van der Waals surface area contributed by atoms with E-state index in [-0.39, 0.29) is 11.3 Å². The highest BCUT2D eigenvalue weighted by Crippen LogP contribution is 2.51. The van der Waals surface area contributed by atoms with Crippen LogP contribution < -0.4 is 5.32 Å². The quantitative estimate of drug-likeness (QED) is 0.385. The molecule has 0 spiro atoms. The third-order valence-electron chi connectivity index (χ3n) is 5.97. The summed E-state index contributed by atoms with van der Waals surface area (Å²) in [5.74, 6) is 0.162. The second-order valence-electron chi connectivity index (χ2n) is 8.66. The van der Waals surface area contributed by atoms with Crippen LogP contribution >= 0.6 is 28.1 Å². The Morgan fingerprint density at radius 2 is 1.68 bits per heavy atom. The predicted molar refractivity (Wildman–Crippen MR) is 126 cm³/mol. The number of nitrogens with one attached hydrogen (secondary N) is 1. The lowest BCUT2D eigenvalue weighted by Gasteiger charge is -2.41. The van der Waals surface area contributed by atoms with E-state index in [4.69, 9.17) is 12.2 Å². The van der Waals surface area contributed by atoms with Crippen molar-refractivity contribution in [1.82, 2.24) is 0 Å². The van der Waals surface area contributed by atoms with Gasteiger partial charge in [0, 0.05) is 26.3 Å². The van der Waals surface area contributed by atoms with Gasteiger partial charge in [-0.2, -0.15) is 0 Å². The van der Waals surface area contributed by atoms with Crippen LogP contribution in [0.15, 0.2) is 76.4 Å². The van der Waals surface area contributed by atoms with E-state index in [1.54, 1.807) is 0 Å². The van der Waals surface area contributed by atoms with Crippen molar-refractivity contribution in [2.45, 2.75) is 32.6 Å². The first kappa shape index (κ1) is 18.1. The van der Waals surface area contributed by atoms with Crippen molar-refractivity contribution in [3.8, 4) is 0 Å². The number of anilines is 1. The van der Waals surface area contributed by atoms with Gasteiger partial charge in [-0.05, 0) is 46.4 Å². The molecule has 0 saturated carbocycles. The van der Waals surface area contributed by atoms with Gasteiger partial charge in [-0.15, -0.1) is 0 Å².